The molecule has 10 rings (SSSR count). The monoisotopic (exact) mass is 677 g/mol. The van der Waals surface area contributed by atoms with Crippen molar-refractivity contribution in [2.24, 2.45) is 0 Å². The molecule has 3 aromatic heterocycles. The summed E-state index contributed by atoms with van der Waals surface area (Å²) in [5.74, 6) is 0.664. The predicted molar refractivity (Wildman–Crippen MR) is 217 cm³/mol. The molecule has 0 amide bonds. The molecule has 0 fully saturated rings. The average molecular weight is 678 g/mol. The largest absolute Gasteiger partial charge is 0.456 e. The van der Waals surface area contributed by atoms with Crippen molar-refractivity contribution < 1.29 is 4.42 Å². The van der Waals surface area contributed by atoms with Crippen LogP contribution in [0.1, 0.15) is 0 Å². The van der Waals surface area contributed by atoms with Crippen LogP contribution in [0, 0.1) is 0 Å². The summed E-state index contributed by atoms with van der Waals surface area (Å²) in [4.78, 5) is 14.8. The number of furan rings is 1. The molecule has 0 atom stereocenters. The van der Waals surface area contributed by atoms with Crippen molar-refractivity contribution in [2.45, 2.75) is 0 Å². The molecule has 0 aliphatic carbocycles. The van der Waals surface area contributed by atoms with Crippen LogP contribution in [-0.2, 0) is 0 Å². The van der Waals surface area contributed by atoms with Gasteiger partial charge in [0.05, 0.1) is 11.4 Å². The number of rotatable bonds is 6. The topological polar surface area (TPSA) is 51.8 Å². The zero-order valence-corrected chi connectivity index (χ0v) is 28.6. The molecule has 0 unspecified atom stereocenters. The highest BCUT2D eigenvalue weighted by Gasteiger charge is 2.17. The molecule has 0 N–H and O–H groups in total. The van der Waals surface area contributed by atoms with E-state index in [0.717, 1.165) is 77.8 Å². The standard InChI is InChI=1S/C49H31N3O/c1-2-12-34(13-3-1)45-31-46(52-49(51-45)43-18-7-6-16-40(43)33-23-25-50-26-24-33)38-28-36(27-37(29-38)41-19-10-14-32-11-4-5-15-39(32)41)35-21-22-48-44(30-35)42-17-8-9-20-47(42)53-48/h1-31H. The fourth-order valence-corrected chi connectivity index (χ4v) is 7.41. The summed E-state index contributed by atoms with van der Waals surface area (Å²) >= 11 is 0. The minimum absolute atomic E-state index is 0.664. The smallest absolute Gasteiger partial charge is 0.161 e. The number of hydrogen-bond acceptors (Lipinski definition) is 4. The second-order valence-corrected chi connectivity index (χ2v) is 13.2. The summed E-state index contributed by atoms with van der Waals surface area (Å²) in [7, 11) is 0. The highest BCUT2D eigenvalue weighted by atomic mass is 16.3. The molecule has 0 spiro atoms. The van der Waals surface area contributed by atoms with Crippen LogP contribution in [0.25, 0.3) is 100.0 Å². The normalized spacial score (nSPS) is 11.4. The number of fused-ring (bicyclic) bond motifs is 4. The summed E-state index contributed by atoms with van der Waals surface area (Å²) in [5.41, 5.74) is 13.1. The van der Waals surface area contributed by atoms with E-state index in [1.807, 2.05) is 48.8 Å². The number of nitrogens with zero attached hydrogens (tertiary/aromatic N) is 3. The average Bonchev–Trinajstić information content (AvgIpc) is 3.62. The van der Waals surface area contributed by atoms with Crippen molar-refractivity contribution >= 4 is 32.7 Å². The fraction of sp³-hybridized carbons (Fsp3) is 0. The van der Waals surface area contributed by atoms with Crippen LogP contribution in [0.5, 0.6) is 0 Å². The van der Waals surface area contributed by atoms with Gasteiger partial charge in [0.2, 0.25) is 0 Å². The molecule has 0 aliphatic rings. The van der Waals surface area contributed by atoms with Gasteiger partial charge in [0, 0.05) is 39.9 Å². The van der Waals surface area contributed by atoms with Gasteiger partial charge in [-0.1, -0.05) is 121 Å². The first-order valence-corrected chi connectivity index (χ1v) is 17.7. The van der Waals surface area contributed by atoms with Crippen molar-refractivity contribution in [3.05, 3.63) is 188 Å². The van der Waals surface area contributed by atoms with Gasteiger partial charge in [0.1, 0.15) is 11.2 Å². The quantitative estimate of drug-likeness (QED) is 0.176. The number of para-hydroxylation sites is 1. The minimum Gasteiger partial charge on any atom is -0.456 e. The first-order valence-electron chi connectivity index (χ1n) is 17.7. The molecule has 53 heavy (non-hydrogen) atoms. The SMILES string of the molecule is c1ccc(-c2cc(-c3cc(-c4ccc5oc6ccccc6c5c4)cc(-c4cccc5ccccc45)c3)nc(-c3ccccc3-c3ccncc3)n2)cc1. The van der Waals surface area contributed by atoms with E-state index in [4.69, 9.17) is 14.4 Å². The predicted octanol–water partition coefficient (Wildman–Crippen LogP) is 12.9. The van der Waals surface area contributed by atoms with Crippen molar-refractivity contribution in [3.8, 4) is 67.3 Å². The maximum atomic E-state index is 6.21. The van der Waals surface area contributed by atoms with E-state index in [9.17, 15) is 0 Å². The molecule has 0 saturated carbocycles. The summed E-state index contributed by atoms with van der Waals surface area (Å²) in [5, 5.41) is 4.61. The van der Waals surface area contributed by atoms with Gasteiger partial charge in [0.25, 0.3) is 0 Å². The number of aromatic nitrogens is 3. The molecule has 0 radical (unpaired) electrons. The van der Waals surface area contributed by atoms with Crippen LogP contribution < -0.4 is 0 Å². The first-order chi connectivity index (χ1) is 26.2. The van der Waals surface area contributed by atoms with Crippen LogP contribution in [0.15, 0.2) is 193 Å². The Morgan fingerprint density at radius 1 is 0.340 bits per heavy atom. The Labute approximate surface area is 306 Å². The van der Waals surface area contributed by atoms with Gasteiger partial charge in [-0.25, -0.2) is 9.97 Å². The van der Waals surface area contributed by atoms with Crippen LogP contribution in [0.2, 0.25) is 0 Å². The summed E-state index contributed by atoms with van der Waals surface area (Å²) in [6.07, 6.45) is 3.64. The number of hydrogen-bond donors (Lipinski definition) is 0. The third kappa shape index (κ3) is 5.63. The minimum atomic E-state index is 0.664. The van der Waals surface area contributed by atoms with E-state index >= 15 is 0 Å². The number of benzene rings is 7. The van der Waals surface area contributed by atoms with Gasteiger partial charge in [0.15, 0.2) is 5.82 Å². The van der Waals surface area contributed by atoms with Crippen LogP contribution in [0.3, 0.4) is 0 Å². The van der Waals surface area contributed by atoms with Gasteiger partial charge in [-0.3, -0.25) is 4.98 Å². The van der Waals surface area contributed by atoms with Gasteiger partial charge >= 0.3 is 0 Å². The van der Waals surface area contributed by atoms with Gasteiger partial charge in [-0.15, -0.1) is 0 Å². The van der Waals surface area contributed by atoms with E-state index in [0.29, 0.717) is 5.82 Å². The van der Waals surface area contributed by atoms with Gasteiger partial charge in [-0.05, 0) is 98.8 Å². The molecule has 4 heteroatoms. The summed E-state index contributed by atoms with van der Waals surface area (Å²) in [6, 6.07) is 61.5. The Hall–Kier alpha value is -7.17. The van der Waals surface area contributed by atoms with Crippen molar-refractivity contribution in [3.63, 3.8) is 0 Å². The van der Waals surface area contributed by atoms with E-state index in [1.54, 1.807) is 0 Å². The Morgan fingerprint density at radius 2 is 0.981 bits per heavy atom. The lowest BCUT2D eigenvalue weighted by Gasteiger charge is -2.15. The Kier molecular flexibility index (Phi) is 7.43. The molecule has 3 heterocycles. The molecular weight excluding hydrogens is 647 g/mol. The van der Waals surface area contributed by atoms with E-state index in [2.05, 4.69) is 145 Å². The van der Waals surface area contributed by atoms with Crippen LogP contribution in [0.4, 0.5) is 0 Å². The molecule has 0 saturated heterocycles. The Balaban J connectivity index is 1.23. The second-order valence-electron chi connectivity index (χ2n) is 13.2. The third-order valence-corrected chi connectivity index (χ3v) is 9.99. The zero-order chi connectivity index (χ0) is 35.1. The summed E-state index contributed by atoms with van der Waals surface area (Å²) in [6.45, 7) is 0. The lowest BCUT2D eigenvalue weighted by Crippen LogP contribution is -1.98. The van der Waals surface area contributed by atoms with E-state index in [-0.39, 0.29) is 0 Å². The van der Waals surface area contributed by atoms with E-state index < -0.39 is 0 Å². The molecule has 7 aromatic carbocycles. The van der Waals surface area contributed by atoms with Gasteiger partial charge < -0.3 is 4.42 Å². The third-order valence-electron chi connectivity index (χ3n) is 9.99. The van der Waals surface area contributed by atoms with Crippen LogP contribution >= 0.6 is 0 Å². The Morgan fingerprint density at radius 3 is 1.85 bits per heavy atom. The molecule has 248 valence electrons. The van der Waals surface area contributed by atoms with Crippen molar-refractivity contribution in [2.75, 3.05) is 0 Å². The molecular formula is C49H31N3O. The summed E-state index contributed by atoms with van der Waals surface area (Å²) < 4.78 is 6.21. The first kappa shape index (κ1) is 30.6. The zero-order valence-electron chi connectivity index (χ0n) is 28.6. The lowest BCUT2D eigenvalue weighted by molar-refractivity contribution is 0.669. The number of pyridine rings is 1. The van der Waals surface area contributed by atoms with Crippen LogP contribution in [-0.4, -0.2) is 15.0 Å². The van der Waals surface area contributed by atoms with Gasteiger partial charge in [-0.2, -0.15) is 0 Å². The van der Waals surface area contributed by atoms with Crippen molar-refractivity contribution in [1.29, 1.82) is 0 Å². The maximum Gasteiger partial charge on any atom is 0.161 e. The highest BCUT2D eigenvalue weighted by molar-refractivity contribution is 6.06. The van der Waals surface area contributed by atoms with E-state index in [1.165, 1.54) is 16.3 Å². The molecule has 4 nitrogen and oxygen atoms in total. The van der Waals surface area contributed by atoms with Crippen molar-refractivity contribution in [1.82, 2.24) is 15.0 Å². The maximum absolute atomic E-state index is 6.21. The molecule has 0 aliphatic heterocycles. The second kappa shape index (κ2) is 12.9. The highest BCUT2D eigenvalue weighted by Crippen LogP contribution is 2.39. The molecule has 10 aromatic rings. The molecule has 0 bridgehead atoms. The lowest BCUT2D eigenvalue weighted by atomic mass is 9.91. The fourth-order valence-electron chi connectivity index (χ4n) is 7.41. The Bertz CT molecular complexity index is 2940.